The third-order valence-electron chi connectivity index (χ3n) is 5.24. The molecule has 0 saturated carbocycles. The highest BCUT2D eigenvalue weighted by Crippen LogP contribution is 2.42. The van der Waals surface area contributed by atoms with E-state index in [-0.39, 0.29) is 11.8 Å². The monoisotopic (exact) mass is 317 g/mol. The minimum atomic E-state index is -0.820. The molecule has 2 atom stereocenters. The molecule has 0 radical (unpaired) electrons. The fourth-order valence-corrected chi connectivity index (χ4v) is 3.74. The van der Waals surface area contributed by atoms with E-state index in [1.54, 1.807) is 4.90 Å². The van der Waals surface area contributed by atoms with Crippen LogP contribution in [0.4, 0.5) is 0 Å². The van der Waals surface area contributed by atoms with E-state index in [1.165, 1.54) is 5.56 Å². The summed E-state index contributed by atoms with van der Waals surface area (Å²) in [6, 6.07) is 8.03. The molecular formula is C18H23NO4. The van der Waals surface area contributed by atoms with Gasteiger partial charge in [0.15, 0.2) is 0 Å². The lowest BCUT2D eigenvalue weighted by molar-refractivity contribution is -0.157. The minimum Gasteiger partial charge on any atom is -0.481 e. The summed E-state index contributed by atoms with van der Waals surface area (Å²) < 4.78 is 5.43. The summed E-state index contributed by atoms with van der Waals surface area (Å²) in [5, 5.41) is 9.66. The van der Waals surface area contributed by atoms with E-state index in [4.69, 9.17) is 4.74 Å². The average molecular weight is 317 g/mol. The maximum absolute atomic E-state index is 12.6. The summed E-state index contributed by atoms with van der Waals surface area (Å²) >= 11 is 0. The predicted octanol–water partition coefficient (Wildman–Crippen LogP) is 1.74. The van der Waals surface area contributed by atoms with Gasteiger partial charge < -0.3 is 14.7 Å². The molecule has 2 aliphatic rings. The minimum absolute atomic E-state index is 0.00766. The van der Waals surface area contributed by atoms with Crippen LogP contribution in [0.2, 0.25) is 0 Å². The Labute approximate surface area is 136 Å². The number of carboxylic acids is 1. The second-order valence-electron chi connectivity index (χ2n) is 6.61. The van der Waals surface area contributed by atoms with E-state index in [0.717, 1.165) is 12.0 Å². The van der Waals surface area contributed by atoms with Crippen molar-refractivity contribution in [3.05, 3.63) is 35.4 Å². The smallest absolute Gasteiger partial charge is 0.311 e. The topological polar surface area (TPSA) is 66.8 Å². The number of amides is 1. The average Bonchev–Trinajstić information content (AvgIpc) is 2.96. The second-order valence-corrected chi connectivity index (χ2v) is 6.61. The Hall–Kier alpha value is -1.88. The number of fused-ring (bicyclic) bond motifs is 1. The summed E-state index contributed by atoms with van der Waals surface area (Å²) in [6.07, 6.45) is 1.76. The maximum atomic E-state index is 12.6. The fourth-order valence-electron chi connectivity index (χ4n) is 3.74. The van der Waals surface area contributed by atoms with Crippen molar-refractivity contribution in [2.75, 3.05) is 26.3 Å². The molecule has 5 heteroatoms. The normalized spacial score (nSPS) is 26.8. The molecular weight excluding hydrogens is 294 g/mol. The lowest BCUT2D eigenvalue weighted by Crippen LogP contribution is -2.45. The van der Waals surface area contributed by atoms with Crippen LogP contribution in [0.15, 0.2) is 24.3 Å². The van der Waals surface area contributed by atoms with Gasteiger partial charge in [-0.05, 0) is 24.0 Å². The van der Waals surface area contributed by atoms with Gasteiger partial charge in [0.25, 0.3) is 0 Å². The zero-order valence-electron chi connectivity index (χ0n) is 13.5. The van der Waals surface area contributed by atoms with Crippen LogP contribution < -0.4 is 0 Å². The van der Waals surface area contributed by atoms with Gasteiger partial charge in [0.1, 0.15) is 0 Å². The number of hydrogen-bond donors (Lipinski definition) is 1. The highest BCUT2D eigenvalue weighted by atomic mass is 16.5. The number of benzene rings is 1. The first-order valence-corrected chi connectivity index (χ1v) is 8.22. The molecule has 5 nitrogen and oxygen atoms in total. The highest BCUT2D eigenvalue weighted by Gasteiger charge is 2.54. The molecule has 1 N–H and O–H groups in total. The molecule has 2 saturated heterocycles. The van der Waals surface area contributed by atoms with Crippen LogP contribution in [0.3, 0.4) is 0 Å². The van der Waals surface area contributed by atoms with Crippen LogP contribution in [0.1, 0.15) is 24.5 Å². The molecule has 1 aromatic carbocycles. The number of carbonyl (C=O) groups excluding carboxylic acids is 1. The van der Waals surface area contributed by atoms with Crippen LogP contribution in [-0.2, 0) is 27.2 Å². The highest BCUT2D eigenvalue weighted by molar-refractivity contribution is 5.82. The van der Waals surface area contributed by atoms with Gasteiger partial charge in [-0.2, -0.15) is 0 Å². The van der Waals surface area contributed by atoms with Crippen molar-refractivity contribution in [1.82, 2.24) is 4.90 Å². The number of nitrogens with zero attached hydrogens (tertiary/aromatic N) is 1. The Morgan fingerprint density at radius 1 is 1.39 bits per heavy atom. The second kappa shape index (κ2) is 6.32. The number of hydrogen-bond acceptors (Lipinski definition) is 3. The third kappa shape index (κ3) is 2.98. The SMILES string of the molecule is CCc1cccc(CC(=O)N2C[C@H]3COCC[C@@]3(C(=O)O)C2)c1. The molecule has 23 heavy (non-hydrogen) atoms. The summed E-state index contributed by atoms with van der Waals surface area (Å²) in [5.41, 5.74) is 1.38. The van der Waals surface area contributed by atoms with E-state index in [0.29, 0.717) is 39.1 Å². The standard InChI is InChI=1S/C18H23NO4/c1-2-13-4-3-5-14(8-13)9-16(20)19-10-15-11-23-7-6-18(15,12-19)17(21)22/h3-5,8,15H,2,6-7,9-12H2,1H3,(H,21,22)/t15-,18+/m0/s1. The fraction of sp³-hybridized carbons (Fsp3) is 0.556. The Kier molecular flexibility index (Phi) is 4.39. The van der Waals surface area contributed by atoms with E-state index in [9.17, 15) is 14.7 Å². The van der Waals surface area contributed by atoms with Crippen LogP contribution in [-0.4, -0.2) is 48.2 Å². The molecule has 0 bridgehead atoms. The van der Waals surface area contributed by atoms with E-state index >= 15 is 0 Å². The van der Waals surface area contributed by atoms with Gasteiger partial charge in [-0.1, -0.05) is 31.2 Å². The van der Waals surface area contributed by atoms with E-state index in [2.05, 4.69) is 19.1 Å². The Morgan fingerprint density at radius 2 is 2.17 bits per heavy atom. The van der Waals surface area contributed by atoms with Gasteiger partial charge in [-0.25, -0.2) is 0 Å². The zero-order valence-corrected chi connectivity index (χ0v) is 13.5. The number of likely N-dealkylation sites (tertiary alicyclic amines) is 1. The first-order valence-electron chi connectivity index (χ1n) is 8.22. The molecule has 0 aromatic heterocycles. The first kappa shape index (κ1) is 16.0. The van der Waals surface area contributed by atoms with Crippen LogP contribution in [0.5, 0.6) is 0 Å². The Bertz CT molecular complexity index is 615. The zero-order chi connectivity index (χ0) is 16.4. The molecule has 124 valence electrons. The Balaban J connectivity index is 1.72. The lowest BCUT2D eigenvalue weighted by atomic mass is 9.74. The number of aryl methyl sites for hydroxylation is 1. The predicted molar refractivity (Wildman–Crippen MR) is 85.1 cm³/mol. The van der Waals surface area contributed by atoms with Crippen molar-refractivity contribution >= 4 is 11.9 Å². The molecule has 0 unspecified atom stereocenters. The Morgan fingerprint density at radius 3 is 2.87 bits per heavy atom. The number of rotatable bonds is 4. The van der Waals surface area contributed by atoms with Crippen molar-refractivity contribution in [2.45, 2.75) is 26.2 Å². The van der Waals surface area contributed by atoms with E-state index in [1.807, 2.05) is 12.1 Å². The van der Waals surface area contributed by atoms with Crippen molar-refractivity contribution in [1.29, 1.82) is 0 Å². The van der Waals surface area contributed by atoms with Crippen molar-refractivity contribution < 1.29 is 19.4 Å². The quantitative estimate of drug-likeness (QED) is 0.918. The molecule has 2 fully saturated rings. The van der Waals surface area contributed by atoms with Crippen LogP contribution in [0.25, 0.3) is 0 Å². The molecule has 1 aromatic rings. The lowest BCUT2D eigenvalue weighted by Gasteiger charge is -2.33. The summed E-state index contributed by atoms with van der Waals surface area (Å²) in [4.78, 5) is 26.1. The van der Waals surface area contributed by atoms with Gasteiger partial charge >= 0.3 is 5.97 Å². The molecule has 0 spiro atoms. The molecule has 1 amide bonds. The van der Waals surface area contributed by atoms with Crippen molar-refractivity contribution in [2.24, 2.45) is 11.3 Å². The van der Waals surface area contributed by atoms with Gasteiger partial charge in [-0.3, -0.25) is 9.59 Å². The summed E-state index contributed by atoms with van der Waals surface area (Å²) in [7, 11) is 0. The molecule has 3 rings (SSSR count). The van der Waals surface area contributed by atoms with Crippen molar-refractivity contribution in [3.63, 3.8) is 0 Å². The number of carbonyl (C=O) groups is 2. The third-order valence-corrected chi connectivity index (χ3v) is 5.24. The van der Waals surface area contributed by atoms with Crippen molar-refractivity contribution in [3.8, 4) is 0 Å². The van der Waals surface area contributed by atoms with E-state index < -0.39 is 11.4 Å². The molecule has 0 aliphatic carbocycles. The largest absolute Gasteiger partial charge is 0.481 e. The summed E-state index contributed by atoms with van der Waals surface area (Å²) in [5.74, 6) is -0.887. The van der Waals surface area contributed by atoms with Crippen LogP contribution in [0, 0.1) is 11.3 Å². The maximum Gasteiger partial charge on any atom is 0.311 e. The number of aliphatic carboxylic acids is 1. The first-order chi connectivity index (χ1) is 11.0. The van der Waals surface area contributed by atoms with Gasteiger partial charge in [-0.15, -0.1) is 0 Å². The van der Waals surface area contributed by atoms with Gasteiger partial charge in [0, 0.05) is 25.6 Å². The number of ether oxygens (including phenoxy) is 1. The molecule has 2 aliphatic heterocycles. The summed E-state index contributed by atoms with van der Waals surface area (Å²) in [6.45, 7) is 3.77. The number of carboxylic acid groups (broad SMARTS) is 1. The van der Waals surface area contributed by atoms with Gasteiger partial charge in [0.05, 0.1) is 18.4 Å². The van der Waals surface area contributed by atoms with Gasteiger partial charge in [0.2, 0.25) is 5.91 Å². The molecule has 2 heterocycles. The van der Waals surface area contributed by atoms with Crippen LogP contribution >= 0.6 is 0 Å².